The summed E-state index contributed by atoms with van der Waals surface area (Å²) >= 11 is 0. The van der Waals surface area contributed by atoms with Gasteiger partial charge in [-0.1, -0.05) is 241 Å². The summed E-state index contributed by atoms with van der Waals surface area (Å²) in [5.41, 5.74) is 0. The summed E-state index contributed by atoms with van der Waals surface area (Å²) in [4.78, 5) is 38.1. The highest BCUT2D eigenvalue weighted by molar-refractivity contribution is 5.71. The molecule has 0 aliphatic carbocycles. The molecule has 0 bridgehead atoms. The Morgan fingerprint density at radius 1 is 0.328 bits per heavy atom. The molecule has 0 saturated heterocycles. The summed E-state index contributed by atoms with van der Waals surface area (Å²) in [6, 6.07) is 0. The van der Waals surface area contributed by atoms with E-state index >= 15 is 0 Å². The first-order chi connectivity index (χ1) is 33.0. The highest BCUT2D eigenvalue weighted by atomic mass is 16.6. The minimum atomic E-state index is -0.797. The average molecular weight is 933 g/mol. The van der Waals surface area contributed by atoms with E-state index in [1.165, 1.54) is 109 Å². The van der Waals surface area contributed by atoms with E-state index in [1.54, 1.807) is 0 Å². The average Bonchev–Trinajstić information content (AvgIpc) is 3.33. The Balaban J connectivity index is 4.45. The third-order valence-corrected chi connectivity index (χ3v) is 11.9. The molecule has 0 radical (unpaired) electrons. The number of ether oxygens (including phenoxy) is 3. The molecule has 6 heteroatoms. The number of allylic oxidation sites excluding steroid dienone is 14. The van der Waals surface area contributed by atoms with Gasteiger partial charge in [-0.3, -0.25) is 14.4 Å². The van der Waals surface area contributed by atoms with Crippen LogP contribution in [0.5, 0.6) is 0 Å². The Morgan fingerprint density at radius 2 is 0.627 bits per heavy atom. The molecule has 1 unspecified atom stereocenters. The van der Waals surface area contributed by atoms with Gasteiger partial charge in [0.25, 0.3) is 0 Å². The molecular formula is C61H104O6. The zero-order chi connectivity index (χ0) is 48.6. The largest absolute Gasteiger partial charge is 0.462 e. The summed E-state index contributed by atoms with van der Waals surface area (Å²) < 4.78 is 16.8. The van der Waals surface area contributed by atoms with Gasteiger partial charge in [-0.2, -0.15) is 0 Å². The van der Waals surface area contributed by atoms with Crippen LogP contribution in [0.15, 0.2) is 85.1 Å². The predicted molar refractivity (Wildman–Crippen MR) is 288 cm³/mol. The highest BCUT2D eigenvalue weighted by Gasteiger charge is 2.19. The molecule has 0 aliphatic rings. The molecule has 0 spiro atoms. The topological polar surface area (TPSA) is 78.9 Å². The Kier molecular flexibility index (Phi) is 52.4. The van der Waals surface area contributed by atoms with E-state index in [4.69, 9.17) is 14.2 Å². The van der Waals surface area contributed by atoms with E-state index in [1.807, 2.05) is 0 Å². The fraction of sp³-hybridized carbons (Fsp3) is 0.721. The van der Waals surface area contributed by atoms with E-state index in [9.17, 15) is 14.4 Å². The number of carbonyl (C=O) groups excluding carboxylic acids is 3. The van der Waals surface area contributed by atoms with Gasteiger partial charge in [0.05, 0.1) is 0 Å². The van der Waals surface area contributed by atoms with E-state index in [0.717, 1.165) is 116 Å². The van der Waals surface area contributed by atoms with Crippen molar-refractivity contribution < 1.29 is 28.6 Å². The smallest absolute Gasteiger partial charge is 0.306 e. The van der Waals surface area contributed by atoms with Crippen molar-refractivity contribution in [2.75, 3.05) is 13.2 Å². The molecule has 0 aliphatic heterocycles. The van der Waals surface area contributed by atoms with Crippen LogP contribution < -0.4 is 0 Å². The lowest BCUT2D eigenvalue weighted by Crippen LogP contribution is -2.30. The highest BCUT2D eigenvalue weighted by Crippen LogP contribution is 2.15. The fourth-order valence-electron chi connectivity index (χ4n) is 7.70. The Bertz CT molecular complexity index is 1300. The van der Waals surface area contributed by atoms with E-state index in [0.29, 0.717) is 19.3 Å². The van der Waals surface area contributed by atoms with Crippen LogP contribution in [0, 0.1) is 0 Å². The van der Waals surface area contributed by atoms with Gasteiger partial charge in [0.2, 0.25) is 0 Å². The third kappa shape index (κ3) is 53.4. The number of hydrogen-bond acceptors (Lipinski definition) is 6. The second-order valence-corrected chi connectivity index (χ2v) is 18.5. The molecule has 0 heterocycles. The molecule has 0 aromatic heterocycles. The van der Waals surface area contributed by atoms with Gasteiger partial charge < -0.3 is 14.2 Å². The second kappa shape index (κ2) is 55.2. The van der Waals surface area contributed by atoms with Crippen molar-refractivity contribution >= 4 is 17.9 Å². The Hall–Kier alpha value is -3.41. The first-order valence-electron chi connectivity index (χ1n) is 28.1. The number of hydrogen-bond donors (Lipinski definition) is 0. The van der Waals surface area contributed by atoms with Crippen LogP contribution in [0.2, 0.25) is 0 Å². The number of unbranched alkanes of at least 4 members (excludes halogenated alkanes) is 26. The van der Waals surface area contributed by atoms with Gasteiger partial charge in [-0.15, -0.1) is 0 Å². The summed E-state index contributed by atoms with van der Waals surface area (Å²) in [6.45, 7) is 6.49. The minimum Gasteiger partial charge on any atom is -0.462 e. The zero-order valence-corrected chi connectivity index (χ0v) is 43.9. The number of rotatable bonds is 50. The third-order valence-electron chi connectivity index (χ3n) is 11.9. The molecule has 0 amide bonds. The summed E-state index contributed by atoms with van der Waals surface area (Å²) in [7, 11) is 0. The maximum atomic E-state index is 12.8. The van der Waals surface area contributed by atoms with Crippen molar-refractivity contribution in [3.8, 4) is 0 Å². The van der Waals surface area contributed by atoms with Gasteiger partial charge in [0.15, 0.2) is 6.10 Å². The molecule has 1 atom stereocenters. The number of carbonyl (C=O) groups is 3. The lowest BCUT2D eigenvalue weighted by atomic mass is 10.0. The maximum Gasteiger partial charge on any atom is 0.306 e. The predicted octanol–water partition coefficient (Wildman–Crippen LogP) is 18.8. The van der Waals surface area contributed by atoms with Crippen molar-refractivity contribution in [1.29, 1.82) is 0 Å². The monoisotopic (exact) mass is 933 g/mol. The van der Waals surface area contributed by atoms with Crippen LogP contribution in [-0.4, -0.2) is 37.2 Å². The standard InChI is InChI=1S/C61H104O6/c1-4-7-10-13-16-19-22-25-27-29-31-33-34-36-39-42-45-48-51-54-60(63)66-57-58(56-65-59(62)53-50-47-44-41-38-24-21-18-15-12-9-6-3)67-61(64)55-52-49-46-43-40-37-35-32-30-28-26-23-20-17-14-11-8-5-2/h7,10,16,19,25,27-28,30-33,35-36,39,58H,4-6,8-9,11-15,17-18,20-24,26,29,34,37-38,40-57H2,1-3H3/b10-7-,19-16-,27-25-,30-28-,33-31-,35-32-,39-36-. The molecule has 0 fully saturated rings. The van der Waals surface area contributed by atoms with Crippen LogP contribution >= 0.6 is 0 Å². The van der Waals surface area contributed by atoms with Gasteiger partial charge in [-0.05, 0) is 89.9 Å². The molecule has 384 valence electrons. The van der Waals surface area contributed by atoms with Crippen molar-refractivity contribution in [2.24, 2.45) is 0 Å². The quantitative estimate of drug-likeness (QED) is 0.0199. The second-order valence-electron chi connectivity index (χ2n) is 18.5. The summed E-state index contributed by atoms with van der Waals surface area (Å²) in [6.07, 6.45) is 71.4. The van der Waals surface area contributed by atoms with Crippen molar-refractivity contribution in [3.63, 3.8) is 0 Å². The van der Waals surface area contributed by atoms with E-state index in [-0.39, 0.29) is 31.1 Å². The molecule has 67 heavy (non-hydrogen) atoms. The first-order valence-corrected chi connectivity index (χ1v) is 28.1. The lowest BCUT2D eigenvalue weighted by Gasteiger charge is -2.18. The molecular weight excluding hydrogens is 829 g/mol. The van der Waals surface area contributed by atoms with Gasteiger partial charge >= 0.3 is 17.9 Å². The molecule has 0 rings (SSSR count). The van der Waals surface area contributed by atoms with E-state index in [2.05, 4.69) is 106 Å². The van der Waals surface area contributed by atoms with Gasteiger partial charge in [0.1, 0.15) is 13.2 Å². The molecule has 0 saturated carbocycles. The van der Waals surface area contributed by atoms with Crippen molar-refractivity contribution in [3.05, 3.63) is 85.1 Å². The van der Waals surface area contributed by atoms with Crippen LogP contribution in [0.25, 0.3) is 0 Å². The maximum absolute atomic E-state index is 12.8. The van der Waals surface area contributed by atoms with Crippen LogP contribution in [0.3, 0.4) is 0 Å². The SMILES string of the molecule is CC/C=C\C/C=C\C/C=C\C/C=C\C/C=C\CCCCCC(=O)OCC(COC(=O)CCCCCCCCCCCCCC)OC(=O)CCCCCCC/C=C\C=C/CCCCCCCCC. The molecule has 0 aromatic carbocycles. The zero-order valence-electron chi connectivity index (χ0n) is 43.9. The van der Waals surface area contributed by atoms with Crippen LogP contribution in [0.1, 0.15) is 265 Å². The molecule has 0 N–H and O–H groups in total. The van der Waals surface area contributed by atoms with Gasteiger partial charge in [-0.25, -0.2) is 0 Å². The Morgan fingerprint density at radius 3 is 1.01 bits per heavy atom. The fourth-order valence-corrected chi connectivity index (χ4v) is 7.70. The Labute approximate surface area is 414 Å². The normalized spacial score (nSPS) is 12.7. The summed E-state index contributed by atoms with van der Waals surface area (Å²) in [5.74, 6) is -0.936. The first kappa shape index (κ1) is 63.6. The van der Waals surface area contributed by atoms with Gasteiger partial charge in [0, 0.05) is 19.3 Å². The van der Waals surface area contributed by atoms with Crippen LogP contribution in [0.4, 0.5) is 0 Å². The molecule has 0 aromatic rings. The lowest BCUT2D eigenvalue weighted by molar-refractivity contribution is -0.167. The number of esters is 3. The van der Waals surface area contributed by atoms with Crippen LogP contribution in [-0.2, 0) is 28.6 Å². The summed E-state index contributed by atoms with van der Waals surface area (Å²) in [5, 5.41) is 0. The van der Waals surface area contributed by atoms with Crippen molar-refractivity contribution in [1.82, 2.24) is 0 Å². The van der Waals surface area contributed by atoms with E-state index < -0.39 is 6.10 Å². The van der Waals surface area contributed by atoms with Crippen molar-refractivity contribution in [2.45, 2.75) is 271 Å². The minimum absolute atomic E-state index is 0.0921. The molecule has 6 nitrogen and oxygen atoms in total.